The number of hydrogen-bond acceptors (Lipinski definition) is 2. The predicted molar refractivity (Wildman–Crippen MR) is 84.8 cm³/mol. The molecule has 104 valence electrons. The van der Waals surface area contributed by atoms with Crippen LogP contribution >= 0.6 is 11.6 Å². The van der Waals surface area contributed by atoms with Crippen LogP contribution in [0.15, 0.2) is 42.5 Å². The fraction of sp³-hybridized carbons (Fsp3) is 0.294. The van der Waals surface area contributed by atoms with Crippen LogP contribution in [0.25, 0.3) is 0 Å². The Bertz CT molecular complexity index is 607. The van der Waals surface area contributed by atoms with Gasteiger partial charge in [-0.2, -0.15) is 0 Å². The summed E-state index contributed by atoms with van der Waals surface area (Å²) in [5.74, 6) is 0. The number of nitrogens with zero attached hydrogens (tertiary/aromatic N) is 1. The maximum atomic E-state index is 6.06. The number of nitrogens with two attached hydrogens (primary N) is 1. The number of anilines is 1. The van der Waals surface area contributed by atoms with Gasteiger partial charge in [0.1, 0.15) is 0 Å². The molecular formula is C17H19ClN2. The summed E-state index contributed by atoms with van der Waals surface area (Å²) >= 11 is 5.96. The predicted octanol–water partition coefficient (Wildman–Crippen LogP) is 4.04. The van der Waals surface area contributed by atoms with Gasteiger partial charge in [0.05, 0.1) is 0 Å². The molecule has 0 radical (unpaired) electrons. The van der Waals surface area contributed by atoms with E-state index < -0.39 is 0 Å². The van der Waals surface area contributed by atoms with Gasteiger partial charge < -0.3 is 5.73 Å². The van der Waals surface area contributed by atoms with Gasteiger partial charge in [0, 0.05) is 29.8 Å². The first-order chi connectivity index (χ1) is 9.65. The van der Waals surface area contributed by atoms with Crippen LogP contribution in [0.4, 0.5) is 5.69 Å². The standard InChI is InChI=1S/C17H19ClN2/c1-12(13-5-7-15(18)8-6-13)20-10-9-16-14(11-20)3-2-4-17(16)19/h2-8,12H,9-11,19H2,1H3. The molecule has 1 heterocycles. The molecule has 0 saturated heterocycles. The zero-order chi connectivity index (χ0) is 14.1. The van der Waals surface area contributed by atoms with Gasteiger partial charge in [0.25, 0.3) is 0 Å². The van der Waals surface area contributed by atoms with Crippen LogP contribution in [0.3, 0.4) is 0 Å². The molecule has 0 spiro atoms. The van der Waals surface area contributed by atoms with E-state index in [0.29, 0.717) is 6.04 Å². The molecular weight excluding hydrogens is 268 g/mol. The van der Waals surface area contributed by atoms with E-state index in [2.05, 4.69) is 30.0 Å². The minimum atomic E-state index is 0.391. The number of fused-ring (bicyclic) bond motifs is 1. The van der Waals surface area contributed by atoms with Gasteiger partial charge in [-0.25, -0.2) is 0 Å². The summed E-state index contributed by atoms with van der Waals surface area (Å²) in [6, 6.07) is 14.8. The summed E-state index contributed by atoms with van der Waals surface area (Å²) in [6.45, 7) is 4.26. The molecule has 3 heteroatoms. The Kier molecular flexibility index (Phi) is 3.68. The molecule has 1 aliphatic heterocycles. The largest absolute Gasteiger partial charge is 0.398 e. The summed E-state index contributed by atoms with van der Waals surface area (Å²) in [6.07, 6.45) is 1.03. The highest BCUT2D eigenvalue weighted by Crippen LogP contribution is 2.30. The Morgan fingerprint density at radius 3 is 2.65 bits per heavy atom. The van der Waals surface area contributed by atoms with Crippen molar-refractivity contribution in [1.82, 2.24) is 4.90 Å². The van der Waals surface area contributed by atoms with Crippen LogP contribution in [0.1, 0.15) is 29.7 Å². The van der Waals surface area contributed by atoms with Gasteiger partial charge in [-0.15, -0.1) is 0 Å². The number of rotatable bonds is 2. The van der Waals surface area contributed by atoms with E-state index >= 15 is 0 Å². The highest BCUT2D eigenvalue weighted by Gasteiger charge is 2.22. The molecule has 2 aromatic carbocycles. The van der Waals surface area contributed by atoms with E-state index in [-0.39, 0.29) is 0 Å². The highest BCUT2D eigenvalue weighted by molar-refractivity contribution is 6.30. The summed E-state index contributed by atoms with van der Waals surface area (Å²) in [7, 11) is 0. The molecule has 3 rings (SSSR count). The number of hydrogen-bond donors (Lipinski definition) is 1. The van der Waals surface area contributed by atoms with Crippen molar-refractivity contribution >= 4 is 17.3 Å². The third-order valence-electron chi connectivity index (χ3n) is 4.23. The summed E-state index contributed by atoms with van der Waals surface area (Å²) in [5, 5.41) is 0.790. The first kappa shape index (κ1) is 13.5. The fourth-order valence-corrected chi connectivity index (χ4v) is 3.07. The minimum absolute atomic E-state index is 0.391. The van der Waals surface area contributed by atoms with E-state index in [9.17, 15) is 0 Å². The van der Waals surface area contributed by atoms with Gasteiger partial charge >= 0.3 is 0 Å². The van der Waals surface area contributed by atoms with Crippen LogP contribution in [0, 0.1) is 0 Å². The molecule has 0 bridgehead atoms. The van der Waals surface area contributed by atoms with Crippen LogP contribution in [-0.2, 0) is 13.0 Å². The average molecular weight is 287 g/mol. The Hall–Kier alpha value is -1.51. The Morgan fingerprint density at radius 1 is 1.15 bits per heavy atom. The second-order valence-corrected chi connectivity index (χ2v) is 5.87. The maximum absolute atomic E-state index is 6.06. The molecule has 1 atom stereocenters. The van der Waals surface area contributed by atoms with E-state index in [1.807, 2.05) is 24.3 Å². The lowest BCUT2D eigenvalue weighted by Gasteiger charge is -2.34. The van der Waals surface area contributed by atoms with Crippen LogP contribution in [0.2, 0.25) is 5.02 Å². The smallest absolute Gasteiger partial charge is 0.0406 e. The fourth-order valence-electron chi connectivity index (χ4n) is 2.94. The lowest BCUT2D eigenvalue weighted by molar-refractivity contribution is 0.192. The Balaban J connectivity index is 1.81. The minimum Gasteiger partial charge on any atom is -0.398 e. The van der Waals surface area contributed by atoms with Crippen LogP contribution in [0.5, 0.6) is 0 Å². The zero-order valence-corrected chi connectivity index (χ0v) is 12.4. The third-order valence-corrected chi connectivity index (χ3v) is 4.48. The molecule has 0 fully saturated rings. The topological polar surface area (TPSA) is 29.3 Å². The molecule has 0 saturated carbocycles. The van der Waals surface area contributed by atoms with Gasteiger partial charge in [-0.05, 0) is 48.2 Å². The molecule has 2 N–H and O–H groups in total. The lowest BCUT2D eigenvalue weighted by Crippen LogP contribution is -2.33. The van der Waals surface area contributed by atoms with E-state index in [1.165, 1.54) is 16.7 Å². The SMILES string of the molecule is CC(c1ccc(Cl)cc1)N1CCc2c(N)cccc2C1. The molecule has 2 nitrogen and oxygen atoms in total. The molecule has 0 aliphatic carbocycles. The summed E-state index contributed by atoms with van der Waals surface area (Å²) in [5.41, 5.74) is 11.0. The first-order valence-corrected chi connectivity index (χ1v) is 7.38. The molecule has 0 aromatic heterocycles. The van der Waals surface area contributed by atoms with Crippen molar-refractivity contribution in [2.75, 3.05) is 12.3 Å². The van der Waals surface area contributed by atoms with Gasteiger partial charge in [-0.3, -0.25) is 4.90 Å². The Labute approximate surface area is 125 Å². The van der Waals surface area contributed by atoms with E-state index in [4.69, 9.17) is 17.3 Å². The number of halogens is 1. The molecule has 20 heavy (non-hydrogen) atoms. The van der Waals surface area contributed by atoms with Crippen LogP contribution in [-0.4, -0.2) is 11.4 Å². The quantitative estimate of drug-likeness (QED) is 0.844. The highest BCUT2D eigenvalue weighted by atomic mass is 35.5. The van der Waals surface area contributed by atoms with Crippen molar-refractivity contribution in [2.45, 2.75) is 25.9 Å². The van der Waals surface area contributed by atoms with Crippen molar-refractivity contribution < 1.29 is 0 Å². The number of nitrogen functional groups attached to an aromatic ring is 1. The number of benzene rings is 2. The first-order valence-electron chi connectivity index (χ1n) is 7.01. The summed E-state index contributed by atoms with van der Waals surface area (Å²) < 4.78 is 0. The lowest BCUT2D eigenvalue weighted by atomic mass is 9.95. The second kappa shape index (κ2) is 5.47. The van der Waals surface area contributed by atoms with Crippen molar-refractivity contribution in [2.24, 2.45) is 0 Å². The van der Waals surface area contributed by atoms with Gasteiger partial charge in [-0.1, -0.05) is 35.9 Å². The van der Waals surface area contributed by atoms with E-state index in [0.717, 1.165) is 30.2 Å². The van der Waals surface area contributed by atoms with Crippen molar-refractivity contribution in [1.29, 1.82) is 0 Å². The monoisotopic (exact) mass is 286 g/mol. The third kappa shape index (κ3) is 2.54. The van der Waals surface area contributed by atoms with Crippen molar-refractivity contribution in [3.05, 3.63) is 64.2 Å². The molecule has 0 amide bonds. The molecule has 1 aliphatic rings. The van der Waals surface area contributed by atoms with Crippen LogP contribution < -0.4 is 5.73 Å². The van der Waals surface area contributed by atoms with Crippen molar-refractivity contribution in [3.8, 4) is 0 Å². The molecule has 1 unspecified atom stereocenters. The second-order valence-electron chi connectivity index (χ2n) is 5.43. The normalized spacial score (nSPS) is 16.7. The van der Waals surface area contributed by atoms with E-state index in [1.54, 1.807) is 0 Å². The van der Waals surface area contributed by atoms with Crippen molar-refractivity contribution in [3.63, 3.8) is 0 Å². The maximum Gasteiger partial charge on any atom is 0.0406 e. The van der Waals surface area contributed by atoms with Gasteiger partial charge in [0.15, 0.2) is 0 Å². The zero-order valence-electron chi connectivity index (χ0n) is 11.6. The van der Waals surface area contributed by atoms with Gasteiger partial charge in [0.2, 0.25) is 0 Å². The summed E-state index contributed by atoms with van der Waals surface area (Å²) in [4.78, 5) is 2.49. The molecule has 2 aromatic rings. The Morgan fingerprint density at radius 2 is 1.90 bits per heavy atom. The average Bonchev–Trinajstić information content (AvgIpc) is 2.47.